The number of hydrogen-bond donors (Lipinski definition) is 1. The molecule has 0 atom stereocenters. The smallest absolute Gasteiger partial charge is 0.135 e. The summed E-state index contributed by atoms with van der Waals surface area (Å²) in [5.41, 5.74) is 0.991. The Labute approximate surface area is 123 Å². The second-order valence-corrected chi connectivity index (χ2v) is 5.51. The lowest BCUT2D eigenvalue weighted by molar-refractivity contribution is 0.831. The molecule has 3 nitrogen and oxygen atoms in total. The Morgan fingerprint density at radius 2 is 1.94 bits per heavy atom. The molecular formula is C13H13Br2N3. The minimum Gasteiger partial charge on any atom is -0.339 e. The first-order valence-corrected chi connectivity index (χ1v) is 7.32. The summed E-state index contributed by atoms with van der Waals surface area (Å²) >= 11 is 6.92. The van der Waals surface area contributed by atoms with Crippen molar-refractivity contribution in [2.45, 2.75) is 19.8 Å². The van der Waals surface area contributed by atoms with E-state index in [1.165, 1.54) is 0 Å². The van der Waals surface area contributed by atoms with E-state index in [-0.39, 0.29) is 0 Å². The highest BCUT2D eigenvalue weighted by Gasteiger charge is 2.04. The van der Waals surface area contributed by atoms with Crippen LogP contribution in [0.15, 0.2) is 39.4 Å². The third-order valence-corrected chi connectivity index (χ3v) is 3.45. The average Bonchev–Trinajstić information content (AvgIpc) is 2.32. The Kier molecular flexibility index (Phi) is 4.72. The Bertz CT molecular complexity index is 544. The zero-order chi connectivity index (χ0) is 13.0. The summed E-state index contributed by atoms with van der Waals surface area (Å²) in [6, 6.07) is 9.83. The molecule has 0 spiro atoms. The van der Waals surface area contributed by atoms with Gasteiger partial charge in [-0.3, -0.25) is 0 Å². The maximum absolute atomic E-state index is 4.49. The molecule has 94 valence electrons. The SMILES string of the molecule is CCCc1nc(Br)cc(Nc2ccccc2Br)n1. The van der Waals surface area contributed by atoms with Crippen molar-refractivity contribution in [2.24, 2.45) is 0 Å². The zero-order valence-corrected chi connectivity index (χ0v) is 13.1. The molecule has 0 aliphatic carbocycles. The van der Waals surface area contributed by atoms with Crippen LogP contribution in [0.1, 0.15) is 19.2 Å². The minimum atomic E-state index is 0.798. The Balaban J connectivity index is 2.26. The monoisotopic (exact) mass is 369 g/mol. The number of aryl methyl sites for hydroxylation is 1. The van der Waals surface area contributed by atoms with Crippen LogP contribution in [0.3, 0.4) is 0 Å². The molecule has 0 aliphatic heterocycles. The van der Waals surface area contributed by atoms with Gasteiger partial charge in [-0.25, -0.2) is 9.97 Å². The average molecular weight is 371 g/mol. The number of nitrogens with zero attached hydrogens (tertiary/aromatic N) is 2. The molecule has 1 aromatic carbocycles. The summed E-state index contributed by atoms with van der Waals surface area (Å²) in [4.78, 5) is 8.83. The molecule has 0 saturated carbocycles. The first-order valence-electron chi connectivity index (χ1n) is 5.74. The van der Waals surface area contributed by atoms with Gasteiger partial charge in [0, 0.05) is 17.0 Å². The fourth-order valence-corrected chi connectivity index (χ4v) is 2.37. The number of hydrogen-bond acceptors (Lipinski definition) is 3. The fraction of sp³-hybridized carbons (Fsp3) is 0.231. The molecule has 0 saturated heterocycles. The molecule has 0 aliphatic rings. The third kappa shape index (κ3) is 3.53. The molecule has 0 amide bonds. The standard InChI is InChI=1S/C13H13Br2N3/c1-2-5-12-17-11(15)8-13(18-12)16-10-7-4-3-6-9(10)14/h3-4,6-8H,2,5H2,1H3,(H,16,17,18). The van der Waals surface area contributed by atoms with Crippen LogP contribution in [-0.2, 0) is 6.42 Å². The summed E-state index contributed by atoms with van der Waals surface area (Å²) in [5.74, 6) is 1.65. The van der Waals surface area contributed by atoms with Crippen LogP contribution < -0.4 is 5.32 Å². The van der Waals surface area contributed by atoms with Crippen LogP contribution >= 0.6 is 31.9 Å². The van der Waals surface area contributed by atoms with Crippen molar-refractivity contribution in [3.63, 3.8) is 0 Å². The van der Waals surface area contributed by atoms with E-state index < -0.39 is 0 Å². The van der Waals surface area contributed by atoms with Gasteiger partial charge in [-0.2, -0.15) is 0 Å². The van der Waals surface area contributed by atoms with E-state index in [0.717, 1.165) is 39.2 Å². The van der Waals surface area contributed by atoms with Gasteiger partial charge in [-0.15, -0.1) is 0 Å². The lowest BCUT2D eigenvalue weighted by Gasteiger charge is -2.09. The van der Waals surface area contributed by atoms with Gasteiger partial charge >= 0.3 is 0 Å². The Morgan fingerprint density at radius 3 is 2.67 bits per heavy atom. The topological polar surface area (TPSA) is 37.8 Å². The van der Waals surface area contributed by atoms with Crippen LogP contribution in [0.5, 0.6) is 0 Å². The molecule has 1 N–H and O–H groups in total. The van der Waals surface area contributed by atoms with Crippen LogP contribution in [-0.4, -0.2) is 9.97 Å². The van der Waals surface area contributed by atoms with Gasteiger partial charge in [-0.05, 0) is 50.4 Å². The van der Waals surface area contributed by atoms with E-state index in [1.807, 2.05) is 30.3 Å². The van der Waals surface area contributed by atoms with Crippen LogP contribution in [0, 0.1) is 0 Å². The first-order chi connectivity index (χ1) is 8.69. The van der Waals surface area contributed by atoms with E-state index >= 15 is 0 Å². The largest absolute Gasteiger partial charge is 0.339 e. The van der Waals surface area contributed by atoms with Crippen LogP contribution in [0.2, 0.25) is 0 Å². The van der Waals surface area contributed by atoms with Crippen molar-refractivity contribution in [1.29, 1.82) is 0 Å². The third-order valence-electron chi connectivity index (χ3n) is 2.35. The van der Waals surface area contributed by atoms with E-state index in [0.29, 0.717) is 0 Å². The van der Waals surface area contributed by atoms with Crippen molar-refractivity contribution < 1.29 is 0 Å². The number of rotatable bonds is 4. The molecule has 5 heteroatoms. The molecule has 2 aromatic rings. The number of para-hydroxylation sites is 1. The maximum atomic E-state index is 4.49. The summed E-state index contributed by atoms with van der Waals surface area (Å²) in [6.45, 7) is 2.12. The van der Waals surface area contributed by atoms with E-state index in [1.54, 1.807) is 0 Å². The Morgan fingerprint density at radius 1 is 1.17 bits per heavy atom. The van der Waals surface area contributed by atoms with Crippen LogP contribution in [0.25, 0.3) is 0 Å². The lowest BCUT2D eigenvalue weighted by Crippen LogP contribution is -2.00. The van der Waals surface area contributed by atoms with Crippen molar-refractivity contribution in [3.05, 3.63) is 45.2 Å². The van der Waals surface area contributed by atoms with Gasteiger partial charge in [-0.1, -0.05) is 19.1 Å². The van der Waals surface area contributed by atoms with Crippen molar-refractivity contribution >= 4 is 43.4 Å². The first kappa shape index (κ1) is 13.5. The van der Waals surface area contributed by atoms with Gasteiger partial charge < -0.3 is 5.32 Å². The van der Waals surface area contributed by atoms with E-state index in [2.05, 4.69) is 54.1 Å². The summed E-state index contributed by atoms with van der Waals surface area (Å²) in [6.07, 6.45) is 1.91. The van der Waals surface area contributed by atoms with Crippen LogP contribution in [0.4, 0.5) is 11.5 Å². The lowest BCUT2D eigenvalue weighted by atomic mass is 10.3. The summed E-state index contributed by atoms with van der Waals surface area (Å²) in [5, 5.41) is 3.28. The summed E-state index contributed by atoms with van der Waals surface area (Å²) in [7, 11) is 0. The number of nitrogens with one attached hydrogen (secondary N) is 1. The quantitative estimate of drug-likeness (QED) is 0.792. The van der Waals surface area contributed by atoms with Crippen molar-refractivity contribution in [2.75, 3.05) is 5.32 Å². The van der Waals surface area contributed by atoms with E-state index in [9.17, 15) is 0 Å². The van der Waals surface area contributed by atoms with Gasteiger partial charge in [0.1, 0.15) is 16.2 Å². The molecule has 18 heavy (non-hydrogen) atoms. The fourth-order valence-electron chi connectivity index (χ4n) is 1.56. The zero-order valence-electron chi connectivity index (χ0n) is 9.95. The molecule has 1 aromatic heterocycles. The molecule has 1 heterocycles. The number of benzene rings is 1. The second kappa shape index (κ2) is 6.29. The minimum absolute atomic E-state index is 0.798. The second-order valence-electron chi connectivity index (χ2n) is 3.85. The number of anilines is 2. The predicted molar refractivity (Wildman–Crippen MR) is 81.2 cm³/mol. The Hall–Kier alpha value is -0.940. The highest BCUT2D eigenvalue weighted by Crippen LogP contribution is 2.25. The van der Waals surface area contributed by atoms with Gasteiger partial charge in [0.25, 0.3) is 0 Å². The number of aromatic nitrogens is 2. The highest BCUT2D eigenvalue weighted by atomic mass is 79.9. The summed E-state index contributed by atoms with van der Waals surface area (Å²) < 4.78 is 1.81. The van der Waals surface area contributed by atoms with Crippen molar-refractivity contribution in [3.8, 4) is 0 Å². The molecule has 0 bridgehead atoms. The molecule has 0 fully saturated rings. The predicted octanol–water partition coefficient (Wildman–Crippen LogP) is 4.70. The van der Waals surface area contributed by atoms with E-state index in [4.69, 9.17) is 0 Å². The highest BCUT2D eigenvalue weighted by molar-refractivity contribution is 9.10. The van der Waals surface area contributed by atoms with Gasteiger partial charge in [0.05, 0.1) is 5.69 Å². The maximum Gasteiger partial charge on any atom is 0.135 e. The van der Waals surface area contributed by atoms with Crippen molar-refractivity contribution in [1.82, 2.24) is 9.97 Å². The van der Waals surface area contributed by atoms with Gasteiger partial charge in [0.15, 0.2) is 0 Å². The number of halogens is 2. The molecular weight excluding hydrogens is 358 g/mol. The molecule has 0 unspecified atom stereocenters. The van der Waals surface area contributed by atoms with Gasteiger partial charge in [0.2, 0.25) is 0 Å². The normalized spacial score (nSPS) is 10.4. The molecule has 0 radical (unpaired) electrons. The molecule has 2 rings (SSSR count).